The number of aromatic hydroxyl groups is 1. The van der Waals surface area contributed by atoms with Crippen molar-refractivity contribution in [2.45, 2.75) is 44.3 Å². The molecule has 0 saturated heterocycles. The number of nitrogens with zero attached hydrogens (tertiary/aromatic N) is 3. The van der Waals surface area contributed by atoms with E-state index >= 15 is 4.39 Å². The Kier molecular flexibility index (Phi) is 5.12. The fourth-order valence-corrected chi connectivity index (χ4v) is 4.63. The summed E-state index contributed by atoms with van der Waals surface area (Å²) in [5.41, 5.74) is 0.720. The van der Waals surface area contributed by atoms with Gasteiger partial charge >= 0.3 is 6.01 Å². The van der Waals surface area contributed by atoms with E-state index in [2.05, 4.69) is 14.7 Å². The van der Waals surface area contributed by atoms with Crippen LogP contribution in [0.2, 0.25) is 5.02 Å². The highest BCUT2D eigenvalue weighted by Gasteiger charge is 2.33. The molecule has 166 valence electrons. The van der Waals surface area contributed by atoms with Gasteiger partial charge in [0, 0.05) is 23.5 Å². The average Bonchev–Trinajstić information content (AvgIpc) is 3.29. The molecule has 1 aliphatic rings. The summed E-state index contributed by atoms with van der Waals surface area (Å²) in [7, 11) is 0. The molecule has 3 aromatic heterocycles. The number of rotatable bonds is 4. The van der Waals surface area contributed by atoms with Gasteiger partial charge in [0.05, 0.1) is 22.6 Å². The van der Waals surface area contributed by atoms with E-state index in [1.165, 1.54) is 12.3 Å². The van der Waals surface area contributed by atoms with Crippen LogP contribution in [0.15, 0.2) is 41.2 Å². The zero-order chi connectivity index (χ0) is 22.5. The maximum absolute atomic E-state index is 15.6. The predicted molar refractivity (Wildman–Crippen MR) is 114 cm³/mol. The van der Waals surface area contributed by atoms with Crippen LogP contribution in [-0.2, 0) is 6.54 Å². The van der Waals surface area contributed by atoms with Gasteiger partial charge < -0.3 is 14.2 Å². The van der Waals surface area contributed by atoms with E-state index in [9.17, 15) is 13.9 Å². The lowest BCUT2D eigenvalue weighted by atomic mass is 9.86. The minimum absolute atomic E-state index is 0.0577. The van der Waals surface area contributed by atoms with Gasteiger partial charge in [-0.2, -0.15) is 8.78 Å². The lowest BCUT2D eigenvalue weighted by Gasteiger charge is -2.30. The van der Waals surface area contributed by atoms with Crippen LogP contribution in [0.4, 0.5) is 13.2 Å². The van der Waals surface area contributed by atoms with Crippen molar-refractivity contribution in [2.24, 2.45) is 0 Å². The summed E-state index contributed by atoms with van der Waals surface area (Å²) in [5, 5.41) is 13.0. The number of phenolic OH excluding ortho intramolecular Hbond substituents is 1. The Morgan fingerprint density at radius 1 is 1.12 bits per heavy atom. The quantitative estimate of drug-likeness (QED) is 0.368. The molecule has 9 heteroatoms. The van der Waals surface area contributed by atoms with Gasteiger partial charge in [-0.15, -0.1) is 0 Å². The Balaban J connectivity index is 1.68. The van der Waals surface area contributed by atoms with Crippen molar-refractivity contribution in [3.63, 3.8) is 0 Å². The molecule has 0 bridgehead atoms. The van der Waals surface area contributed by atoms with E-state index in [-0.39, 0.29) is 22.9 Å². The zero-order valence-electron chi connectivity index (χ0n) is 16.9. The summed E-state index contributed by atoms with van der Waals surface area (Å²) in [5.74, 6) is -1.14. The van der Waals surface area contributed by atoms with E-state index in [1.54, 1.807) is 29.0 Å². The van der Waals surface area contributed by atoms with Crippen LogP contribution in [0.5, 0.6) is 5.75 Å². The van der Waals surface area contributed by atoms with Gasteiger partial charge in [-0.05, 0) is 41.8 Å². The number of pyridine rings is 1. The largest absolute Gasteiger partial charge is 0.506 e. The Hall–Kier alpha value is -3.00. The molecule has 1 N–H and O–H groups in total. The van der Waals surface area contributed by atoms with Crippen molar-refractivity contribution in [3.05, 3.63) is 53.6 Å². The number of phenols is 1. The topological polar surface area (TPSA) is 64.1 Å². The maximum Gasteiger partial charge on any atom is 0.317 e. The first-order valence-electron chi connectivity index (χ1n) is 10.3. The second-order valence-corrected chi connectivity index (χ2v) is 8.67. The summed E-state index contributed by atoms with van der Waals surface area (Å²) < 4.78 is 49.6. The molecule has 5 nitrogen and oxygen atoms in total. The Morgan fingerprint density at radius 3 is 2.59 bits per heavy atom. The van der Waals surface area contributed by atoms with Crippen LogP contribution in [0.1, 0.15) is 32.1 Å². The van der Waals surface area contributed by atoms with Crippen molar-refractivity contribution >= 4 is 22.6 Å². The second-order valence-electron chi connectivity index (χ2n) is 8.26. The van der Waals surface area contributed by atoms with Crippen molar-refractivity contribution in [2.75, 3.05) is 0 Å². The highest BCUT2D eigenvalue weighted by Crippen LogP contribution is 2.39. The first-order valence-corrected chi connectivity index (χ1v) is 10.7. The molecule has 0 radical (unpaired) electrons. The number of fused-ring (bicyclic) bond motifs is 1. The normalized spacial score (nSPS) is 16.0. The van der Waals surface area contributed by atoms with Gasteiger partial charge in [0.25, 0.3) is 5.95 Å². The number of halogens is 4. The Labute approximate surface area is 186 Å². The van der Waals surface area contributed by atoms with Crippen molar-refractivity contribution in [3.8, 4) is 28.0 Å². The Morgan fingerprint density at radius 2 is 1.91 bits per heavy atom. The lowest BCUT2D eigenvalue weighted by Crippen LogP contribution is -2.31. The fourth-order valence-electron chi connectivity index (χ4n) is 4.45. The molecule has 0 unspecified atom stereocenters. The van der Waals surface area contributed by atoms with Crippen molar-refractivity contribution < 1.29 is 22.8 Å². The van der Waals surface area contributed by atoms with Gasteiger partial charge in [-0.1, -0.05) is 36.9 Å². The number of benzene rings is 1. The van der Waals surface area contributed by atoms with E-state index in [0.717, 1.165) is 19.3 Å². The predicted octanol–water partition coefficient (Wildman–Crippen LogP) is 6.67. The van der Waals surface area contributed by atoms with Crippen LogP contribution in [0, 0.1) is 12.0 Å². The van der Waals surface area contributed by atoms with Gasteiger partial charge in [-0.25, -0.2) is 4.39 Å². The van der Waals surface area contributed by atoms with Gasteiger partial charge in [0.1, 0.15) is 17.0 Å². The van der Waals surface area contributed by atoms with Crippen LogP contribution >= 0.6 is 11.6 Å². The molecule has 32 heavy (non-hydrogen) atoms. The molecule has 1 fully saturated rings. The Bertz CT molecular complexity index is 1290. The van der Waals surface area contributed by atoms with Gasteiger partial charge in [0.2, 0.25) is 0 Å². The van der Waals surface area contributed by atoms with E-state index in [4.69, 9.17) is 11.6 Å². The number of aromatic nitrogens is 3. The summed E-state index contributed by atoms with van der Waals surface area (Å²) in [6.07, 6.45) is 6.63. The third-order valence-electron chi connectivity index (χ3n) is 6.08. The third-order valence-corrected chi connectivity index (χ3v) is 6.38. The zero-order valence-corrected chi connectivity index (χ0v) is 17.7. The highest BCUT2D eigenvalue weighted by atomic mass is 35.5. The molecular weight excluding hydrogens is 443 g/mol. The van der Waals surface area contributed by atoms with E-state index in [0.29, 0.717) is 35.0 Å². The molecule has 1 aromatic carbocycles. The van der Waals surface area contributed by atoms with Gasteiger partial charge in [0.15, 0.2) is 0 Å². The van der Waals surface area contributed by atoms with Crippen LogP contribution in [0.3, 0.4) is 0 Å². The molecule has 1 aliphatic carbocycles. The minimum atomic E-state index is -1.38. The molecule has 3 heterocycles. The summed E-state index contributed by atoms with van der Waals surface area (Å²) in [6.45, 7) is 0.0923. The number of hydrogen-bond acceptors (Lipinski definition) is 4. The van der Waals surface area contributed by atoms with Crippen LogP contribution in [-0.4, -0.2) is 25.5 Å². The number of alkyl halides is 1. The third kappa shape index (κ3) is 3.62. The molecule has 0 spiro atoms. The van der Waals surface area contributed by atoms with E-state index < -0.39 is 23.2 Å². The molecule has 0 atom stereocenters. The summed E-state index contributed by atoms with van der Waals surface area (Å²) in [6, 6.07) is 5.15. The molecule has 5 rings (SSSR count). The van der Waals surface area contributed by atoms with Crippen LogP contribution in [0.25, 0.3) is 33.3 Å². The van der Waals surface area contributed by atoms with Crippen molar-refractivity contribution in [1.29, 1.82) is 0 Å². The minimum Gasteiger partial charge on any atom is -0.506 e. The molecule has 0 aliphatic heterocycles. The SMILES string of the molecule is Oc1ccc(-c2cn(CC3(F)CCCCC3)c3cc(-c4c(F)noc4F)cnc23)cc1Cl. The average molecular weight is 462 g/mol. The van der Waals surface area contributed by atoms with E-state index in [1.807, 2.05) is 0 Å². The molecule has 0 amide bonds. The monoisotopic (exact) mass is 461 g/mol. The van der Waals surface area contributed by atoms with Gasteiger partial charge in [-0.3, -0.25) is 4.98 Å². The maximum atomic E-state index is 15.6. The highest BCUT2D eigenvalue weighted by molar-refractivity contribution is 6.32. The molecule has 1 saturated carbocycles. The number of hydrogen-bond donors (Lipinski definition) is 1. The standard InChI is InChI=1S/C23H19ClF3N3O2/c24-16-8-13(4-5-18(16)31)15-11-30(12-23(27)6-2-1-3-7-23)17-9-14(10-28-20(15)17)19-21(25)29-32-22(19)26/h4-5,8-11,31H,1-3,6-7,12H2. The smallest absolute Gasteiger partial charge is 0.317 e. The first kappa shape index (κ1) is 20.9. The second kappa shape index (κ2) is 7.85. The summed E-state index contributed by atoms with van der Waals surface area (Å²) in [4.78, 5) is 4.43. The first-order chi connectivity index (χ1) is 15.3. The summed E-state index contributed by atoms with van der Waals surface area (Å²) >= 11 is 6.09. The molecule has 4 aromatic rings. The lowest BCUT2D eigenvalue weighted by molar-refractivity contribution is 0.0873. The van der Waals surface area contributed by atoms with Crippen LogP contribution < -0.4 is 0 Å². The molecular formula is C23H19ClF3N3O2. The van der Waals surface area contributed by atoms with Crippen molar-refractivity contribution in [1.82, 2.24) is 14.7 Å². The fraction of sp³-hybridized carbons (Fsp3) is 0.304.